The van der Waals surface area contributed by atoms with E-state index in [1.54, 1.807) is 0 Å². The molecule has 0 radical (unpaired) electrons. The van der Waals surface area contributed by atoms with E-state index in [1.165, 1.54) is 16.9 Å². The summed E-state index contributed by atoms with van der Waals surface area (Å²) in [6.45, 7) is 5.24. The third-order valence-corrected chi connectivity index (χ3v) is 4.30. The molecule has 3 atom stereocenters. The quantitative estimate of drug-likeness (QED) is 0.854. The monoisotopic (exact) mass is 225 g/mol. The summed E-state index contributed by atoms with van der Waals surface area (Å²) in [7, 11) is 2.05. The highest BCUT2D eigenvalue weighted by Gasteiger charge is 2.30. The Hall–Kier alpha value is -0.380. The van der Waals surface area contributed by atoms with Gasteiger partial charge in [-0.05, 0) is 44.3 Å². The van der Waals surface area contributed by atoms with Gasteiger partial charge >= 0.3 is 0 Å². The van der Waals surface area contributed by atoms with E-state index in [9.17, 15) is 0 Å². The summed E-state index contributed by atoms with van der Waals surface area (Å²) < 4.78 is 5.65. The molecule has 1 N–H and O–H groups in total. The van der Waals surface area contributed by atoms with Crippen molar-refractivity contribution < 1.29 is 4.74 Å². The molecule has 15 heavy (non-hydrogen) atoms. The van der Waals surface area contributed by atoms with E-state index in [2.05, 4.69) is 30.6 Å². The summed E-state index contributed by atoms with van der Waals surface area (Å²) in [5, 5.41) is 5.61. The summed E-state index contributed by atoms with van der Waals surface area (Å²) in [4.78, 5) is 1.47. The zero-order chi connectivity index (χ0) is 10.8. The Morgan fingerprint density at radius 1 is 1.60 bits per heavy atom. The molecule has 0 amide bonds. The van der Waals surface area contributed by atoms with Crippen molar-refractivity contribution in [3.63, 3.8) is 0 Å². The molecule has 84 valence electrons. The second kappa shape index (κ2) is 4.64. The third-order valence-electron chi connectivity index (χ3n) is 3.20. The minimum absolute atomic E-state index is 0.422. The van der Waals surface area contributed by atoms with Crippen molar-refractivity contribution in [2.75, 3.05) is 13.7 Å². The number of hydrogen-bond donors (Lipinski definition) is 1. The lowest BCUT2D eigenvalue weighted by molar-refractivity contribution is 0.117. The second-order valence-electron chi connectivity index (χ2n) is 4.37. The maximum Gasteiger partial charge on any atom is 0.0551 e. The van der Waals surface area contributed by atoms with Gasteiger partial charge in [-0.1, -0.05) is 0 Å². The van der Waals surface area contributed by atoms with Gasteiger partial charge in [0.05, 0.1) is 12.7 Å². The molecule has 0 saturated carbocycles. The number of aryl methyl sites for hydroxylation is 1. The smallest absolute Gasteiger partial charge is 0.0551 e. The van der Waals surface area contributed by atoms with Gasteiger partial charge in [0.1, 0.15) is 0 Å². The van der Waals surface area contributed by atoms with Crippen molar-refractivity contribution in [2.24, 2.45) is 5.92 Å². The first-order chi connectivity index (χ1) is 7.22. The SMILES string of the molecule is CNC(c1sccc1C)C1COC(C)C1. The fraction of sp³-hybridized carbons (Fsp3) is 0.667. The Morgan fingerprint density at radius 3 is 2.87 bits per heavy atom. The van der Waals surface area contributed by atoms with Gasteiger partial charge in [-0.15, -0.1) is 11.3 Å². The zero-order valence-electron chi connectivity index (χ0n) is 9.62. The van der Waals surface area contributed by atoms with Crippen LogP contribution in [0.2, 0.25) is 0 Å². The molecule has 1 aliphatic rings. The van der Waals surface area contributed by atoms with E-state index >= 15 is 0 Å². The van der Waals surface area contributed by atoms with E-state index in [1.807, 2.05) is 18.4 Å². The lowest BCUT2D eigenvalue weighted by Gasteiger charge is -2.21. The summed E-state index contributed by atoms with van der Waals surface area (Å²) in [6.07, 6.45) is 1.59. The molecular weight excluding hydrogens is 206 g/mol. The molecule has 0 bridgehead atoms. The molecule has 1 aliphatic heterocycles. The molecule has 0 aliphatic carbocycles. The highest BCUT2D eigenvalue weighted by atomic mass is 32.1. The van der Waals surface area contributed by atoms with E-state index in [-0.39, 0.29) is 0 Å². The van der Waals surface area contributed by atoms with Crippen LogP contribution < -0.4 is 5.32 Å². The predicted molar refractivity (Wildman–Crippen MR) is 64.4 cm³/mol. The number of hydrogen-bond acceptors (Lipinski definition) is 3. The van der Waals surface area contributed by atoms with Crippen LogP contribution in [0.3, 0.4) is 0 Å². The molecule has 3 heteroatoms. The van der Waals surface area contributed by atoms with Crippen molar-refractivity contribution in [3.05, 3.63) is 21.9 Å². The average Bonchev–Trinajstić information content (AvgIpc) is 2.79. The largest absolute Gasteiger partial charge is 0.378 e. The van der Waals surface area contributed by atoms with E-state index < -0.39 is 0 Å². The number of thiophene rings is 1. The average molecular weight is 225 g/mol. The summed E-state index contributed by atoms with van der Waals surface area (Å²) >= 11 is 1.85. The first-order valence-corrected chi connectivity index (χ1v) is 6.43. The zero-order valence-corrected chi connectivity index (χ0v) is 10.4. The molecular formula is C12H19NOS. The minimum Gasteiger partial charge on any atom is -0.378 e. The van der Waals surface area contributed by atoms with E-state index in [4.69, 9.17) is 4.74 Å². The van der Waals surface area contributed by atoms with Crippen LogP contribution in [0.1, 0.15) is 29.8 Å². The van der Waals surface area contributed by atoms with Crippen LogP contribution in [-0.4, -0.2) is 19.8 Å². The second-order valence-corrected chi connectivity index (χ2v) is 5.32. The molecule has 0 spiro atoms. The van der Waals surface area contributed by atoms with Crippen LogP contribution in [0.5, 0.6) is 0 Å². The summed E-state index contributed by atoms with van der Waals surface area (Å²) in [5.74, 6) is 0.627. The van der Waals surface area contributed by atoms with Gasteiger partial charge < -0.3 is 10.1 Å². The highest BCUT2D eigenvalue weighted by molar-refractivity contribution is 7.10. The van der Waals surface area contributed by atoms with Gasteiger partial charge in [0, 0.05) is 16.8 Å². The van der Waals surface area contributed by atoms with Crippen LogP contribution in [0, 0.1) is 12.8 Å². The fourth-order valence-electron chi connectivity index (χ4n) is 2.37. The first kappa shape index (κ1) is 11.1. The molecule has 1 fully saturated rings. The van der Waals surface area contributed by atoms with Gasteiger partial charge in [0.2, 0.25) is 0 Å². The predicted octanol–water partition coefficient (Wildman–Crippen LogP) is 2.74. The van der Waals surface area contributed by atoms with E-state index in [0.29, 0.717) is 18.1 Å². The topological polar surface area (TPSA) is 21.3 Å². The molecule has 1 aromatic heterocycles. The molecule has 2 nitrogen and oxygen atoms in total. The van der Waals surface area contributed by atoms with Crippen LogP contribution in [0.15, 0.2) is 11.4 Å². The van der Waals surface area contributed by atoms with Gasteiger partial charge in [-0.25, -0.2) is 0 Å². The molecule has 3 unspecified atom stereocenters. The Morgan fingerprint density at radius 2 is 2.40 bits per heavy atom. The van der Waals surface area contributed by atoms with Crippen molar-refractivity contribution in [1.82, 2.24) is 5.32 Å². The van der Waals surface area contributed by atoms with Gasteiger partial charge in [-0.2, -0.15) is 0 Å². The standard InChI is InChI=1S/C12H19NOS/c1-8-4-5-15-12(8)11(13-3)10-6-9(2)14-7-10/h4-5,9-11,13H,6-7H2,1-3H3. The first-order valence-electron chi connectivity index (χ1n) is 5.55. The minimum atomic E-state index is 0.422. The Labute approximate surface area is 95.6 Å². The Bertz CT molecular complexity index is 323. The van der Waals surface area contributed by atoms with Crippen LogP contribution in [0.4, 0.5) is 0 Å². The Kier molecular flexibility index (Phi) is 3.44. The number of ether oxygens (including phenoxy) is 1. The van der Waals surface area contributed by atoms with Crippen molar-refractivity contribution in [1.29, 1.82) is 0 Å². The maximum absolute atomic E-state index is 5.65. The van der Waals surface area contributed by atoms with Crippen LogP contribution >= 0.6 is 11.3 Å². The van der Waals surface area contributed by atoms with Crippen molar-refractivity contribution in [3.8, 4) is 0 Å². The van der Waals surface area contributed by atoms with Gasteiger partial charge in [0.15, 0.2) is 0 Å². The highest BCUT2D eigenvalue weighted by Crippen LogP contribution is 2.35. The van der Waals surface area contributed by atoms with Crippen LogP contribution in [-0.2, 0) is 4.74 Å². The van der Waals surface area contributed by atoms with Crippen LogP contribution in [0.25, 0.3) is 0 Å². The summed E-state index contributed by atoms with van der Waals surface area (Å²) in [6, 6.07) is 2.67. The fourth-order valence-corrected chi connectivity index (χ4v) is 3.50. The molecule has 1 saturated heterocycles. The number of rotatable bonds is 3. The maximum atomic E-state index is 5.65. The molecule has 2 heterocycles. The third kappa shape index (κ3) is 2.25. The number of nitrogens with one attached hydrogen (secondary N) is 1. The van der Waals surface area contributed by atoms with Gasteiger partial charge in [0.25, 0.3) is 0 Å². The van der Waals surface area contributed by atoms with E-state index in [0.717, 1.165) is 6.61 Å². The van der Waals surface area contributed by atoms with Crippen molar-refractivity contribution >= 4 is 11.3 Å². The Balaban J connectivity index is 2.14. The normalized spacial score (nSPS) is 28.2. The summed E-state index contributed by atoms with van der Waals surface area (Å²) in [5.41, 5.74) is 1.40. The molecule has 2 rings (SSSR count). The lowest BCUT2D eigenvalue weighted by Crippen LogP contribution is -2.25. The lowest BCUT2D eigenvalue weighted by atomic mass is 9.94. The molecule has 0 aromatic carbocycles. The molecule has 1 aromatic rings. The van der Waals surface area contributed by atoms with Gasteiger partial charge in [-0.3, -0.25) is 0 Å². The van der Waals surface area contributed by atoms with Crippen molar-refractivity contribution in [2.45, 2.75) is 32.4 Å².